The third-order valence-electron chi connectivity index (χ3n) is 10.5. The van der Waals surface area contributed by atoms with Crippen molar-refractivity contribution in [1.82, 2.24) is 19.8 Å². The van der Waals surface area contributed by atoms with Gasteiger partial charge in [-0.2, -0.15) is 5.26 Å². The van der Waals surface area contributed by atoms with Crippen LogP contribution < -0.4 is 10.2 Å². The third kappa shape index (κ3) is 6.05. The zero-order valence-corrected chi connectivity index (χ0v) is 25.8. The molecule has 9 heteroatoms. The molecule has 2 aliphatic heterocycles. The van der Waals surface area contributed by atoms with Crippen LogP contribution >= 0.6 is 0 Å². The lowest BCUT2D eigenvalue weighted by Crippen LogP contribution is -2.56. The fourth-order valence-electron chi connectivity index (χ4n) is 8.32. The highest BCUT2D eigenvalue weighted by Crippen LogP contribution is 2.52. The summed E-state index contributed by atoms with van der Waals surface area (Å²) in [5.41, 5.74) is 2.51. The molecular formula is C35H43FN6O2. The molecular weight excluding hydrogens is 555 g/mol. The lowest BCUT2D eigenvalue weighted by Gasteiger charge is -2.51. The molecule has 0 bridgehead atoms. The Kier molecular flexibility index (Phi) is 8.90. The molecule has 3 atom stereocenters. The summed E-state index contributed by atoms with van der Waals surface area (Å²) >= 11 is 0. The van der Waals surface area contributed by atoms with E-state index in [-0.39, 0.29) is 23.2 Å². The monoisotopic (exact) mass is 598 g/mol. The van der Waals surface area contributed by atoms with Crippen molar-refractivity contribution < 1.29 is 13.9 Å². The van der Waals surface area contributed by atoms with Crippen molar-refractivity contribution in [1.29, 1.82) is 5.26 Å². The van der Waals surface area contributed by atoms with E-state index < -0.39 is 6.09 Å². The van der Waals surface area contributed by atoms with Gasteiger partial charge < -0.3 is 24.4 Å². The smallest absolute Gasteiger partial charge is 0.407 e. The first-order chi connectivity index (χ1) is 21.4. The van der Waals surface area contributed by atoms with Crippen molar-refractivity contribution in [2.75, 3.05) is 44.7 Å². The number of halogens is 1. The Morgan fingerprint density at radius 3 is 2.57 bits per heavy atom. The largest absolute Gasteiger partial charge is 0.453 e. The van der Waals surface area contributed by atoms with E-state index in [2.05, 4.69) is 36.8 Å². The van der Waals surface area contributed by atoms with Gasteiger partial charge in [0.25, 0.3) is 0 Å². The van der Waals surface area contributed by atoms with Crippen LogP contribution in [0.2, 0.25) is 0 Å². The second-order valence-electron chi connectivity index (χ2n) is 12.9. The van der Waals surface area contributed by atoms with Gasteiger partial charge in [0.2, 0.25) is 0 Å². The number of anilines is 1. The van der Waals surface area contributed by atoms with Crippen molar-refractivity contribution >= 4 is 11.8 Å². The van der Waals surface area contributed by atoms with Gasteiger partial charge in [-0.3, -0.25) is 0 Å². The highest BCUT2D eigenvalue weighted by Gasteiger charge is 2.52. The number of methoxy groups -OCH3 is 1. The molecule has 6 rings (SSSR count). The van der Waals surface area contributed by atoms with Crippen LogP contribution in [0.4, 0.5) is 14.9 Å². The van der Waals surface area contributed by atoms with Crippen LogP contribution in [-0.2, 0) is 16.7 Å². The predicted molar refractivity (Wildman–Crippen MR) is 168 cm³/mol. The molecule has 1 N–H and O–H groups in total. The molecule has 0 radical (unpaired) electrons. The number of benzene rings is 2. The Morgan fingerprint density at radius 1 is 1.14 bits per heavy atom. The number of imidazole rings is 1. The van der Waals surface area contributed by atoms with E-state index in [0.717, 1.165) is 76.2 Å². The van der Waals surface area contributed by atoms with Gasteiger partial charge >= 0.3 is 6.09 Å². The number of hydrogen-bond donors (Lipinski definition) is 1. The number of piperidine rings is 1. The van der Waals surface area contributed by atoms with Crippen LogP contribution in [0.1, 0.15) is 49.1 Å². The summed E-state index contributed by atoms with van der Waals surface area (Å²) in [6.07, 6.45) is 8.35. The van der Waals surface area contributed by atoms with Crippen LogP contribution in [0.3, 0.4) is 0 Å². The molecule has 1 saturated carbocycles. The molecule has 8 nitrogen and oxygen atoms in total. The standard InChI is InChI=1S/C35H43FN6O2/c1-25-38-15-18-41(25)24-35(29-5-3-6-30(36)19-29,32-7-4-8-33(32)39-34(43)44-2)28-13-16-40(17-14-28)21-27-22-42(23-27)31-11-9-26(20-37)10-12-31/h3,5-6,9-12,15,18-19,27-28,32-33H,4,7-8,13-14,16-17,21-24H2,1-2H3,(H,39,43)/t32-,33-,35-/m0/s1. The summed E-state index contributed by atoms with van der Waals surface area (Å²) in [5, 5.41) is 12.3. The Morgan fingerprint density at radius 2 is 1.91 bits per heavy atom. The first-order valence-electron chi connectivity index (χ1n) is 16.0. The first kappa shape index (κ1) is 30.1. The quantitative estimate of drug-likeness (QED) is 0.350. The molecule has 3 heterocycles. The highest BCUT2D eigenvalue weighted by atomic mass is 19.1. The van der Waals surface area contributed by atoms with E-state index in [9.17, 15) is 9.18 Å². The van der Waals surface area contributed by atoms with Gasteiger partial charge in [0.05, 0.1) is 18.7 Å². The van der Waals surface area contributed by atoms with Crippen molar-refractivity contribution in [3.63, 3.8) is 0 Å². The number of nitriles is 1. The van der Waals surface area contributed by atoms with Crippen molar-refractivity contribution in [3.05, 3.63) is 83.7 Å². The molecule has 1 aliphatic carbocycles. The van der Waals surface area contributed by atoms with Crippen molar-refractivity contribution in [2.24, 2.45) is 17.8 Å². The summed E-state index contributed by atoms with van der Waals surface area (Å²) in [5.74, 6) is 1.78. The second-order valence-corrected chi connectivity index (χ2v) is 12.9. The van der Waals surface area contributed by atoms with Gasteiger partial charge in [0.1, 0.15) is 11.6 Å². The molecule has 232 valence electrons. The van der Waals surface area contributed by atoms with Crippen molar-refractivity contribution in [2.45, 2.75) is 57.0 Å². The molecule has 1 aromatic heterocycles. The zero-order valence-electron chi connectivity index (χ0n) is 25.8. The van der Waals surface area contributed by atoms with E-state index in [1.165, 1.54) is 18.9 Å². The summed E-state index contributed by atoms with van der Waals surface area (Å²) in [7, 11) is 1.41. The van der Waals surface area contributed by atoms with E-state index in [1.54, 1.807) is 6.07 Å². The molecule has 3 aromatic rings. The molecule has 3 aliphatic rings. The number of carbonyl (C=O) groups is 1. The molecule has 2 aromatic carbocycles. The third-order valence-corrected chi connectivity index (χ3v) is 10.5. The number of aryl methyl sites for hydroxylation is 1. The lowest BCUT2D eigenvalue weighted by molar-refractivity contribution is 0.0543. The Bertz CT molecular complexity index is 1470. The highest BCUT2D eigenvalue weighted by molar-refractivity contribution is 5.67. The number of nitrogens with zero attached hydrogens (tertiary/aromatic N) is 5. The SMILES string of the molecule is COC(=O)N[C@H]1CCC[C@@H]1[C@](Cn1ccnc1C)(c1cccc(F)c1)C1CCN(CC2CN(c3ccc(C#N)cc3)C2)CC1. The van der Waals surface area contributed by atoms with Gasteiger partial charge in [-0.05, 0) is 99.5 Å². The number of ether oxygens (including phenoxy) is 1. The Hall–Kier alpha value is -3.90. The summed E-state index contributed by atoms with van der Waals surface area (Å²) in [4.78, 5) is 22.0. The van der Waals surface area contributed by atoms with Gasteiger partial charge in [0, 0.05) is 61.6 Å². The first-order valence-corrected chi connectivity index (χ1v) is 16.0. The summed E-state index contributed by atoms with van der Waals surface area (Å²) in [6.45, 7) is 7.85. The average Bonchev–Trinajstić information content (AvgIpc) is 3.66. The number of hydrogen-bond acceptors (Lipinski definition) is 6. The number of nitrogens with one attached hydrogen (secondary N) is 1. The minimum Gasteiger partial charge on any atom is -0.453 e. The van der Waals surface area contributed by atoms with E-state index >= 15 is 0 Å². The molecule has 1 amide bonds. The number of carbonyl (C=O) groups excluding carboxylic acids is 1. The number of amides is 1. The van der Waals surface area contributed by atoms with E-state index in [4.69, 9.17) is 10.00 Å². The fraction of sp³-hybridized carbons (Fsp3) is 0.514. The predicted octanol–water partition coefficient (Wildman–Crippen LogP) is 5.51. The molecule has 3 fully saturated rings. The van der Waals surface area contributed by atoms with Gasteiger partial charge in [0.15, 0.2) is 0 Å². The number of alkyl carbamates (subject to hydrolysis) is 1. The minimum absolute atomic E-state index is 0.0456. The maximum absolute atomic E-state index is 15.0. The van der Waals surface area contributed by atoms with Crippen LogP contribution in [0, 0.1) is 41.8 Å². The zero-order chi connectivity index (χ0) is 30.7. The molecule has 0 spiro atoms. The number of likely N-dealkylation sites (tertiary alicyclic amines) is 1. The molecule has 0 unspecified atom stereocenters. The average molecular weight is 599 g/mol. The topological polar surface area (TPSA) is 86.4 Å². The molecule has 44 heavy (non-hydrogen) atoms. The summed E-state index contributed by atoms with van der Waals surface area (Å²) < 4.78 is 22.2. The lowest BCUT2D eigenvalue weighted by atomic mass is 9.58. The normalized spacial score (nSPS) is 22.6. The minimum atomic E-state index is -0.403. The number of rotatable bonds is 9. The fourth-order valence-corrected chi connectivity index (χ4v) is 8.32. The van der Waals surface area contributed by atoms with E-state index in [1.807, 2.05) is 49.6 Å². The van der Waals surface area contributed by atoms with Crippen LogP contribution in [-0.4, -0.2) is 66.4 Å². The van der Waals surface area contributed by atoms with Crippen LogP contribution in [0.15, 0.2) is 60.9 Å². The molecule has 2 saturated heterocycles. The van der Waals surface area contributed by atoms with Gasteiger partial charge in [-0.15, -0.1) is 0 Å². The second kappa shape index (κ2) is 13.0. The van der Waals surface area contributed by atoms with Crippen molar-refractivity contribution in [3.8, 4) is 6.07 Å². The Balaban J connectivity index is 1.22. The van der Waals surface area contributed by atoms with Crippen LogP contribution in [0.5, 0.6) is 0 Å². The van der Waals surface area contributed by atoms with Gasteiger partial charge in [-0.1, -0.05) is 18.6 Å². The van der Waals surface area contributed by atoms with Crippen LogP contribution in [0.25, 0.3) is 0 Å². The Labute approximate surface area is 259 Å². The maximum atomic E-state index is 15.0. The maximum Gasteiger partial charge on any atom is 0.407 e. The van der Waals surface area contributed by atoms with E-state index in [0.29, 0.717) is 23.9 Å². The summed E-state index contributed by atoms with van der Waals surface area (Å²) in [6, 6.07) is 17.2. The van der Waals surface area contributed by atoms with Gasteiger partial charge in [-0.25, -0.2) is 14.2 Å². The number of aromatic nitrogens is 2.